The van der Waals surface area contributed by atoms with Gasteiger partial charge in [0.2, 0.25) is 5.88 Å². The topological polar surface area (TPSA) is 62.7 Å². The molecule has 136 valence electrons. The van der Waals surface area contributed by atoms with Crippen molar-refractivity contribution in [1.29, 1.82) is 0 Å². The molecular weight excluding hydrogens is 337 g/mol. The lowest BCUT2D eigenvalue weighted by Gasteiger charge is -2.46. The molecule has 0 radical (unpaired) electrons. The van der Waals surface area contributed by atoms with E-state index in [1.54, 1.807) is 6.07 Å². The second-order valence-corrected chi connectivity index (χ2v) is 7.31. The number of carbonyl (C=O) groups excluding carboxylic acids is 1. The normalized spacial score (nSPS) is 22.5. The Balaban J connectivity index is 1.48. The van der Waals surface area contributed by atoms with Crippen LogP contribution in [0.2, 0.25) is 0 Å². The van der Waals surface area contributed by atoms with E-state index < -0.39 is 30.8 Å². The number of alkyl halides is 3. The zero-order valence-electron chi connectivity index (χ0n) is 13.6. The van der Waals surface area contributed by atoms with Crippen LogP contribution in [0.1, 0.15) is 47.7 Å². The van der Waals surface area contributed by atoms with E-state index in [4.69, 9.17) is 4.74 Å². The van der Waals surface area contributed by atoms with Crippen molar-refractivity contribution in [2.24, 2.45) is 5.92 Å². The quantitative estimate of drug-likeness (QED) is 0.881. The highest BCUT2D eigenvalue weighted by atomic mass is 19.4. The number of β-amino-alcohol motifs (C(OH)–C–C–N with tert-alkyl or cyclic N) is 1. The number of pyridine rings is 1. The van der Waals surface area contributed by atoms with Gasteiger partial charge < -0.3 is 14.7 Å². The number of halogens is 3. The van der Waals surface area contributed by atoms with Crippen molar-refractivity contribution < 1.29 is 27.8 Å². The Morgan fingerprint density at radius 2 is 1.96 bits per heavy atom. The molecule has 1 aliphatic heterocycles. The van der Waals surface area contributed by atoms with Gasteiger partial charge in [0.15, 0.2) is 5.60 Å². The van der Waals surface area contributed by atoms with E-state index in [2.05, 4.69) is 4.98 Å². The Hall–Kier alpha value is -1.83. The summed E-state index contributed by atoms with van der Waals surface area (Å²) in [6, 6.07) is 3.32. The summed E-state index contributed by atoms with van der Waals surface area (Å²) in [5, 5.41) is 9.48. The Labute approximate surface area is 142 Å². The highest BCUT2D eigenvalue weighted by Gasteiger charge is 2.62. The number of aromatic nitrogens is 1. The first kappa shape index (κ1) is 16.6. The molecule has 1 aromatic heterocycles. The molecule has 0 aromatic carbocycles. The zero-order chi connectivity index (χ0) is 17.8. The molecule has 1 amide bonds. The summed E-state index contributed by atoms with van der Waals surface area (Å²) in [5.74, 6) is 0.731. The average Bonchev–Trinajstić information content (AvgIpc) is 3.41. The summed E-state index contributed by atoms with van der Waals surface area (Å²) in [4.78, 5) is 17.6. The largest absolute Gasteiger partial charge is 0.477 e. The lowest BCUT2D eigenvalue weighted by atomic mass is 9.93. The van der Waals surface area contributed by atoms with Crippen LogP contribution in [-0.2, 0) is 0 Å². The number of hydrogen-bond acceptors (Lipinski definition) is 4. The number of amides is 1. The van der Waals surface area contributed by atoms with Gasteiger partial charge in [-0.3, -0.25) is 4.79 Å². The van der Waals surface area contributed by atoms with E-state index in [-0.39, 0.29) is 5.69 Å². The number of nitrogens with zero attached hydrogens (tertiary/aromatic N) is 2. The minimum atomic E-state index is -4.74. The third-order valence-corrected chi connectivity index (χ3v) is 5.00. The Kier molecular flexibility index (Phi) is 3.72. The average molecular weight is 356 g/mol. The summed E-state index contributed by atoms with van der Waals surface area (Å²) >= 11 is 0. The molecule has 0 bridgehead atoms. The maximum Gasteiger partial charge on any atom is 0.420 e. The second kappa shape index (κ2) is 5.59. The zero-order valence-corrected chi connectivity index (χ0v) is 13.6. The molecule has 0 spiro atoms. The minimum absolute atomic E-state index is 0.0550. The predicted molar refractivity (Wildman–Crippen MR) is 81.3 cm³/mol. The SMILES string of the molecule is O=C(c1ccc(C2CC2)c(OCC2CC2)n1)N1CC(O)(C(F)(F)F)C1. The van der Waals surface area contributed by atoms with Crippen molar-refractivity contribution in [2.45, 2.75) is 43.4 Å². The van der Waals surface area contributed by atoms with Crippen molar-refractivity contribution in [3.8, 4) is 5.88 Å². The van der Waals surface area contributed by atoms with E-state index in [9.17, 15) is 23.1 Å². The molecule has 8 heteroatoms. The molecule has 2 saturated carbocycles. The molecule has 1 aromatic rings. The molecule has 3 aliphatic rings. The van der Waals surface area contributed by atoms with Gasteiger partial charge in [-0.15, -0.1) is 0 Å². The van der Waals surface area contributed by atoms with Crippen LogP contribution >= 0.6 is 0 Å². The number of likely N-dealkylation sites (tertiary alicyclic amines) is 1. The third kappa shape index (κ3) is 3.19. The van der Waals surface area contributed by atoms with Crippen LogP contribution in [0.15, 0.2) is 12.1 Å². The summed E-state index contributed by atoms with van der Waals surface area (Å²) in [7, 11) is 0. The minimum Gasteiger partial charge on any atom is -0.477 e. The van der Waals surface area contributed by atoms with E-state index >= 15 is 0 Å². The van der Waals surface area contributed by atoms with Crippen molar-refractivity contribution >= 4 is 5.91 Å². The Morgan fingerprint density at radius 3 is 2.52 bits per heavy atom. The van der Waals surface area contributed by atoms with Crippen molar-refractivity contribution in [2.75, 3.05) is 19.7 Å². The van der Waals surface area contributed by atoms with Gasteiger partial charge in [0.05, 0.1) is 19.7 Å². The highest BCUT2D eigenvalue weighted by Crippen LogP contribution is 2.44. The van der Waals surface area contributed by atoms with E-state index in [1.807, 2.05) is 0 Å². The van der Waals surface area contributed by atoms with Crippen LogP contribution < -0.4 is 4.74 Å². The van der Waals surface area contributed by atoms with Crippen LogP contribution in [0.3, 0.4) is 0 Å². The summed E-state index contributed by atoms with van der Waals surface area (Å²) in [6.07, 6.45) is -0.382. The summed E-state index contributed by atoms with van der Waals surface area (Å²) < 4.78 is 43.9. The second-order valence-electron chi connectivity index (χ2n) is 7.31. The van der Waals surface area contributed by atoms with E-state index in [1.165, 1.54) is 6.07 Å². The molecule has 0 atom stereocenters. The maximum absolute atomic E-state index is 12.7. The first-order chi connectivity index (χ1) is 11.8. The van der Waals surface area contributed by atoms with Crippen molar-refractivity contribution in [3.63, 3.8) is 0 Å². The fourth-order valence-corrected chi connectivity index (χ4v) is 2.94. The molecule has 3 fully saturated rings. The van der Waals surface area contributed by atoms with Crippen molar-refractivity contribution in [1.82, 2.24) is 9.88 Å². The molecular formula is C17H19F3N2O3. The molecule has 1 N–H and O–H groups in total. The Bertz CT molecular complexity index is 693. The molecule has 25 heavy (non-hydrogen) atoms. The number of ether oxygens (including phenoxy) is 1. The van der Waals surface area contributed by atoms with Crippen LogP contribution in [0.5, 0.6) is 5.88 Å². The van der Waals surface area contributed by atoms with E-state index in [0.29, 0.717) is 24.3 Å². The van der Waals surface area contributed by atoms with Crippen LogP contribution in [0.25, 0.3) is 0 Å². The first-order valence-corrected chi connectivity index (χ1v) is 8.49. The first-order valence-electron chi connectivity index (χ1n) is 8.49. The van der Waals surface area contributed by atoms with Crippen LogP contribution in [-0.4, -0.2) is 52.4 Å². The highest BCUT2D eigenvalue weighted by molar-refractivity contribution is 5.93. The van der Waals surface area contributed by atoms with Gasteiger partial charge in [-0.2, -0.15) is 13.2 Å². The predicted octanol–water partition coefficient (Wildman–Crippen LogP) is 2.50. The maximum atomic E-state index is 12.7. The molecule has 2 heterocycles. The standard InChI is InChI=1S/C17H19F3N2O3/c18-17(19,20)16(24)8-22(9-16)15(23)13-6-5-12(11-3-4-11)14(21-13)25-7-10-1-2-10/h5-6,10-11,24H,1-4,7-9H2. The number of rotatable bonds is 5. The fourth-order valence-electron chi connectivity index (χ4n) is 2.94. The lowest BCUT2D eigenvalue weighted by molar-refractivity contribution is -0.294. The molecule has 0 unspecified atom stereocenters. The summed E-state index contributed by atoms with van der Waals surface area (Å²) in [6.45, 7) is -0.971. The van der Waals surface area contributed by atoms with Crippen LogP contribution in [0, 0.1) is 5.92 Å². The van der Waals surface area contributed by atoms with E-state index in [0.717, 1.165) is 36.1 Å². The van der Waals surface area contributed by atoms with Gasteiger partial charge in [0.1, 0.15) is 5.69 Å². The number of hydrogen-bond donors (Lipinski definition) is 1. The van der Waals surface area contributed by atoms with Gasteiger partial charge in [-0.1, -0.05) is 6.07 Å². The third-order valence-electron chi connectivity index (χ3n) is 5.00. The molecule has 4 rings (SSSR count). The Morgan fingerprint density at radius 1 is 1.28 bits per heavy atom. The smallest absolute Gasteiger partial charge is 0.420 e. The van der Waals surface area contributed by atoms with Gasteiger partial charge in [-0.05, 0) is 43.6 Å². The van der Waals surface area contributed by atoms with Crippen LogP contribution in [0.4, 0.5) is 13.2 Å². The number of carbonyl (C=O) groups is 1. The lowest BCUT2D eigenvalue weighted by Crippen LogP contribution is -2.70. The summed E-state index contributed by atoms with van der Waals surface area (Å²) in [5.41, 5.74) is -1.80. The molecule has 1 saturated heterocycles. The van der Waals surface area contributed by atoms with Gasteiger partial charge >= 0.3 is 6.18 Å². The fraction of sp³-hybridized carbons (Fsp3) is 0.647. The van der Waals surface area contributed by atoms with Gasteiger partial charge in [0.25, 0.3) is 5.91 Å². The molecule has 2 aliphatic carbocycles. The van der Waals surface area contributed by atoms with Gasteiger partial charge in [0, 0.05) is 5.56 Å². The number of aliphatic hydroxyl groups is 1. The van der Waals surface area contributed by atoms with Gasteiger partial charge in [-0.25, -0.2) is 4.98 Å². The van der Waals surface area contributed by atoms with Crippen molar-refractivity contribution in [3.05, 3.63) is 23.4 Å². The monoisotopic (exact) mass is 356 g/mol. The molecule has 5 nitrogen and oxygen atoms in total.